The lowest BCUT2D eigenvalue weighted by Crippen LogP contribution is -2.44. The molecule has 1 N–H and O–H groups in total. The number of nitrogens with zero attached hydrogens (tertiary/aromatic N) is 1. The predicted molar refractivity (Wildman–Crippen MR) is 38.7 cm³/mol. The van der Waals surface area contributed by atoms with E-state index >= 15 is 0 Å². The van der Waals surface area contributed by atoms with Crippen molar-refractivity contribution in [2.24, 2.45) is 0 Å². The SMILES string of the molecule is OCCN(C[B-](F)(F)F)CC(F)(F)F. The maximum atomic E-state index is 11.8. The van der Waals surface area contributed by atoms with Gasteiger partial charge in [-0.2, -0.15) is 13.2 Å². The Morgan fingerprint density at radius 1 is 1.14 bits per heavy atom. The molecule has 86 valence electrons. The van der Waals surface area contributed by atoms with Crippen molar-refractivity contribution in [2.75, 3.05) is 26.1 Å². The maximum Gasteiger partial charge on any atom is 0.492 e. The van der Waals surface area contributed by atoms with Gasteiger partial charge >= 0.3 is 13.2 Å². The fourth-order valence-electron chi connectivity index (χ4n) is 0.923. The van der Waals surface area contributed by atoms with E-state index in [1.165, 1.54) is 0 Å². The van der Waals surface area contributed by atoms with Gasteiger partial charge in [-0.15, -0.1) is 0 Å². The first-order valence-electron chi connectivity index (χ1n) is 3.75. The van der Waals surface area contributed by atoms with Gasteiger partial charge in [-0.3, -0.25) is 0 Å². The topological polar surface area (TPSA) is 23.5 Å². The van der Waals surface area contributed by atoms with Crippen LogP contribution in [0.3, 0.4) is 0 Å². The highest BCUT2D eigenvalue weighted by Crippen LogP contribution is 2.18. The molecule has 0 saturated heterocycles. The van der Waals surface area contributed by atoms with E-state index in [4.69, 9.17) is 5.11 Å². The lowest BCUT2D eigenvalue weighted by molar-refractivity contribution is -0.145. The third kappa shape index (κ3) is 8.18. The average molecular weight is 224 g/mol. The van der Waals surface area contributed by atoms with Gasteiger partial charge in [0.15, 0.2) is 0 Å². The van der Waals surface area contributed by atoms with E-state index in [0.717, 1.165) is 0 Å². The van der Waals surface area contributed by atoms with Crippen LogP contribution >= 0.6 is 0 Å². The van der Waals surface area contributed by atoms with Gasteiger partial charge in [0.25, 0.3) is 0 Å². The predicted octanol–water partition coefficient (Wildman–Crippen LogP) is 1.23. The van der Waals surface area contributed by atoms with Gasteiger partial charge in [0.1, 0.15) is 0 Å². The average Bonchev–Trinajstić information content (AvgIpc) is 1.78. The van der Waals surface area contributed by atoms with Gasteiger partial charge in [-0.05, 0) is 6.44 Å². The van der Waals surface area contributed by atoms with E-state index in [0.29, 0.717) is 0 Å². The van der Waals surface area contributed by atoms with Crippen molar-refractivity contribution in [3.63, 3.8) is 0 Å². The largest absolute Gasteiger partial charge is 0.492 e. The highest BCUT2D eigenvalue weighted by Gasteiger charge is 2.34. The van der Waals surface area contributed by atoms with E-state index in [1.54, 1.807) is 0 Å². The normalized spacial score (nSPS) is 13.7. The van der Waals surface area contributed by atoms with Gasteiger partial charge in [0.05, 0.1) is 13.2 Å². The Labute approximate surface area is 76.6 Å². The van der Waals surface area contributed by atoms with Crippen LogP contribution in [0.5, 0.6) is 0 Å². The van der Waals surface area contributed by atoms with Gasteiger partial charge in [0.2, 0.25) is 0 Å². The van der Waals surface area contributed by atoms with Crippen LogP contribution in [0, 0.1) is 0 Å². The van der Waals surface area contributed by atoms with Gasteiger partial charge in [-0.25, -0.2) is 0 Å². The fourth-order valence-corrected chi connectivity index (χ4v) is 0.923. The van der Waals surface area contributed by atoms with E-state index in [1.807, 2.05) is 0 Å². The van der Waals surface area contributed by atoms with Crippen molar-refractivity contribution in [3.05, 3.63) is 0 Å². The van der Waals surface area contributed by atoms with Crippen LogP contribution < -0.4 is 0 Å². The zero-order valence-corrected chi connectivity index (χ0v) is 7.07. The molecule has 0 unspecified atom stereocenters. The molecule has 14 heavy (non-hydrogen) atoms. The third-order valence-corrected chi connectivity index (χ3v) is 1.28. The third-order valence-electron chi connectivity index (χ3n) is 1.28. The van der Waals surface area contributed by atoms with Crippen LogP contribution in [0.1, 0.15) is 0 Å². The van der Waals surface area contributed by atoms with Crippen LogP contribution in [-0.2, 0) is 0 Å². The molecular weight excluding hydrogens is 215 g/mol. The number of aliphatic hydroxyl groups is 1. The Balaban J connectivity index is 4.16. The van der Waals surface area contributed by atoms with Gasteiger partial charge in [0, 0.05) is 6.54 Å². The second-order valence-electron chi connectivity index (χ2n) is 2.78. The molecule has 0 heterocycles. The first-order chi connectivity index (χ1) is 6.14. The van der Waals surface area contributed by atoms with E-state index in [-0.39, 0.29) is 4.90 Å². The summed E-state index contributed by atoms with van der Waals surface area (Å²) in [5, 5.41) is 8.26. The molecule has 0 aliphatic rings. The molecule has 0 aromatic heterocycles. The van der Waals surface area contributed by atoms with Crippen LogP contribution in [0.25, 0.3) is 0 Å². The van der Waals surface area contributed by atoms with Crippen molar-refractivity contribution in [2.45, 2.75) is 6.18 Å². The molecular formula is C5H9BF6NO-. The molecule has 0 amide bonds. The van der Waals surface area contributed by atoms with E-state index in [2.05, 4.69) is 0 Å². The van der Waals surface area contributed by atoms with Crippen molar-refractivity contribution in [1.29, 1.82) is 0 Å². The number of hydrogen-bond donors (Lipinski definition) is 1. The molecule has 0 atom stereocenters. The van der Waals surface area contributed by atoms with Gasteiger partial charge in [-0.1, -0.05) is 0 Å². The molecule has 0 radical (unpaired) electrons. The molecule has 0 saturated carbocycles. The molecule has 0 aromatic rings. The minimum atomic E-state index is -5.30. The number of hydrogen-bond acceptors (Lipinski definition) is 2. The Hall–Kier alpha value is -0.435. The quantitative estimate of drug-likeness (QED) is 0.560. The lowest BCUT2D eigenvalue weighted by Gasteiger charge is -2.27. The summed E-state index contributed by atoms with van der Waals surface area (Å²) in [7, 11) is 0. The summed E-state index contributed by atoms with van der Waals surface area (Å²) < 4.78 is 70.5. The van der Waals surface area contributed by atoms with Crippen LogP contribution in [-0.4, -0.2) is 49.3 Å². The Kier molecular flexibility index (Phi) is 4.72. The summed E-state index contributed by atoms with van der Waals surface area (Å²) in [6.07, 6.45) is -6.30. The summed E-state index contributed by atoms with van der Waals surface area (Å²) in [5.74, 6) is 0. The highest BCUT2D eigenvalue weighted by atomic mass is 19.4. The minimum absolute atomic E-state index is 0.125. The van der Waals surface area contributed by atoms with Crippen LogP contribution in [0.15, 0.2) is 0 Å². The highest BCUT2D eigenvalue weighted by molar-refractivity contribution is 6.58. The molecule has 0 aromatic carbocycles. The smallest absolute Gasteiger partial charge is 0.448 e. The van der Waals surface area contributed by atoms with Crippen molar-refractivity contribution in [3.8, 4) is 0 Å². The summed E-state index contributed by atoms with van der Waals surface area (Å²) in [6.45, 7) is -8.33. The maximum absolute atomic E-state index is 11.8. The molecule has 9 heteroatoms. The summed E-state index contributed by atoms with van der Waals surface area (Å²) in [6, 6.07) is 0. The molecule has 0 bridgehead atoms. The first kappa shape index (κ1) is 13.6. The second kappa shape index (κ2) is 4.88. The first-order valence-corrected chi connectivity index (χ1v) is 3.75. The standard InChI is InChI=1S/C5H9BF6NO/c7-5(8,9)3-13(1-2-14)4-6(10,11)12/h14H,1-4H2/q-1. The fraction of sp³-hybridized carbons (Fsp3) is 1.00. The zero-order chi connectivity index (χ0) is 11.4. The molecule has 0 rings (SSSR count). The van der Waals surface area contributed by atoms with E-state index in [9.17, 15) is 26.1 Å². The summed E-state index contributed by atoms with van der Waals surface area (Å²) in [4.78, 5) is 0.125. The van der Waals surface area contributed by atoms with Crippen LogP contribution in [0.4, 0.5) is 26.1 Å². The number of halogens is 6. The zero-order valence-electron chi connectivity index (χ0n) is 7.07. The molecule has 2 nitrogen and oxygen atoms in total. The molecule has 0 aliphatic heterocycles. The Bertz CT molecular complexity index is 153. The molecule has 0 aliphatic carbocycles. The Morgan fingerprint density at radius 2 is 1.64 bits per heavy atom. The molecule has 0 spiro atoms. The number of alkyl halides is 3. The second-order valence-corrected chi connectivity index (χ2v) is 2.78. The minimum Gasteiger partial charge on any atom is -0.448 e. The summed E-state index contributed by atoms with van der Waals surface area (Å²) >= 11 is 0. The number of rotatable bonds is 5. The van der Waals surface area contributed by atoms with E-state index < -0.39 is 39.3 Å². The van der Waals surface area contributed by atoms with Gasteiger partial charge < -0.3 is 23.0 Å². The van der Waals surface area contributed by atoms with Crippen molar-refractivity contribution < 1.29 is 31.2 Å². The number of aliphatic hydroxyl groups excluding tert-OH is 1. The summed E-state index contributed by atoms with van der Waals surface area (Å²) in [5.41, 5.74) is 0. The lowest BCUT2D eigenvalue weighted by atomic mass is 9.91. The van der Waals surface area contributed by atoms with Crippen LogP contribution in [0.2, 0.25) is 0 Å². The van der Waals surface area contributed by atoms with Crippen molar-refractivity contribution >= 4 is 6.98 Å². The van der Waals surface area contributed by atoms with Crippen molar-refractivity contribution in [1.82, 2.24) is 4.90 Å². The monoisotopic (exact) mass is 224 g/mol. The Morgan fingerprint density at radius 3 is 1.93 bits per heavy atom. The molecule has 0 fully saturated rings.